The Morgan fingerprint density at radius 1 is 1.35 bits per heavy atom. The number of rotatable bonds is 2. The van der Waals surface area contributed by atoms with Gasteiger partial charge >= 0.3 is 0 Å². The van der Waals surface area contributed by atoms with Crippen LogP contribution in [0.4, 0.5) is 0 Å². The Kier molecular flexibility index (Phi) is 3.81. The molecule has 2 aromatic rings. The van der Waals surface area contributed by atoms with Crippen LogP contribution in [0.25, 0.3) is 0 Å². The second-order valence-electron chi connectivity index (χ2n) is 3.47. The van der Waals surface area contributed by atoms with Crippen molar-refractivity contribution in [3.63, 3.8) is 0 Å². The second kappa shape index (κ2) is 5.53. The first-order chi connectivity index (χ1) is 8.29. The van der Waals surface area contributed by atoms with Crippen molar-refractivity contribution in [2.45, 2.75) is 6.54 Å². The molecule has 0 radical (unpaired) electrons. The molecule has 86 valence electrons. The van der Waals surface area contributed by atoms with Crippen molar-refractivity contribution in [1.82, 2.24) is 9.78 Å². The van der Waals surface area contributed by atoms with E-state index in [-0.39, 0.29) is 6.61 Å². The number of aliphatic hydroxyl groups excluding tert-OH is 1. The summed E-state index contributed by atoms with van der Waals surface area (Å²) in [4.78, 5) is 0. The molecule has 1 heterocycles. The molecule has 1 aromatic heterocycles. The standard InChI is InChI=1S/C13H11ClN2O/c14-13-8-15-16(10-13)9-12-5-2-1-4-11(12)6-3-7-17/h1-2,4-5,8,10,17H,7,9H2. The summed E-state index contributed by atoms with van der Waals surface area (Å²) in [7, 11) is 0. The van der Waals surface area contributed by atoms with Gasteiger partial charge in [-0.15, -0.1) is 0 Å². The highest BCUT2D eigenvalue weighted by atomic mass is 35.5. The number of hydrogen-bond acceptors (Lipinski definition) is 2. The predicted molar refractivity (Wildman–Crippen MR) is 66.7 cm³/mol. The van der Waals surface area contributed by atoms with Crippen LogP contribution in [-0.2, 0) is 6.54 Å². The molecule has 0 bridgehead atoms. The Balaban J connectivity index is 2.26. The van der Waals surface area contributed by atoms with E-state index in [9.17, 15) is 0 Å². The van der Waals surface area contributed by atoms with Gasteiger partial charge in [-0.3, -0.25) is 4.68 Å². The highest BCUT2D eigenvalue weighted by Crippen LogP contribution is 2.11. The fourth-order valence-corrected chi connectivity index (χ4v) is 1.67. The van der Waals surface area contributed by atoms with Crippen LogP contribution in [0.3, 0.4) is 0 Å². The summed E-state index contributed by atoms with van der Waals surface area (Å²) in [6, 6.07) is 7.77. The van der Waals surface area contributed by atoms with E-state index in [1.165, 1.54) is 0 Å². The Morgan fingerprint density at radius 3 is 2.88 bits per heavy atom. The van der Waals surface area contributed by atoms with Crippen molar-refractivity contribution in [2.24, 2.45) is 0 Å². The molecule has 0 fully saturated rings. The Labute approximate surface area is 105 Å². The third-order valence-electron chi connectivity index (χ3n) is 2.25. The van der Waals surface area contributed by atoms with Gasteiger partial charge in [-0.1, -0.05) is 41.6 Å². The smallest absolute Gasteiger partial charge is 0.104 e. The summed E-state index contributed by atoms with van der Waals surface area (Å²) in [5.74, 6) is 5.56. The van der Waals surface area contributed by atoms with Crippen LogP contribution >= 0.6 is 11.6 Å². The molecular weight excluding hydrogens is 236 g/mol. The minimum absolute atomic E-state index is 0.137. The summed E-state index contributed by atoms with van der Waals surface area (Å²) < 4.78 is 1.75. The van der Waals surface area contributed by atoms with Crippen LogP contribution < -0.4 is 0 Å². The van der Waals surface area contributed by atoms with Crippen molar-refractivity contribution in [3.8, 4) is 11.8 Å². The molecule has 0 aliphatic heterocycles. The zero-order valence-corrected chi connectivity index (χ0v) is 9.85. The Hall–Kier alpha value is -1.76. The summed E-state index contributed by atoms with van der Waals surface area (Å²) in [6.45, 7) is 0.477. The van der Waals surface area contributed by atoms with E-state index in [1.807, 2.05) is 24.3 Å². The lowest BCUT2D eigenvalue weighted by Gasteiger charge is -2.04. The zero-order valence-electron chi connectivity index (χ0n) is 9.10. The second-order valence-corrected chi connectivity index (χ2v) is 3.91. The van der Waals surface area contributed by atoms with E-state index in [0.29, 0.717) is 11.6 Å². The molecule has 4 heteroatoms. The lowest BCUT2D eigenvalue weighted by atomic mass is 10.1. The van der Waals surface area contributed by atoms with Crippen LogP contribution in [0.2, 0.25) is 5.02 Å². The van der Waals surface area contributed by atoms with Crippen LogP contribution in [0.1, 0.15) is 11.1 Å². The maximum atomic E-state index is 8.70. The van der Waals surface area contributed by atoms with Gasteiger partial charge in [0.15, 0.2) is 0 Å². The van der Waals surface area contributed by atoms with Crippen LogP contribution in [0.5, 0.6) is 0 Å². The number of hydrogen-bond donors (Lipinski definition) is 1. The summed E-state index contributed by atoms with van der Waals surface area (Å²) in [6.07, 6.45) is 3.36. The molecule has 0 unspecified atom stereocenters. The molecule has 2 rings (SSSR count). The summed E-state index contributed by atoms with van der Waals surface area (Å²) >= 11 is 5.81. The molecule has 0 amide bonds. The lowest BCUT2D eigenvalue weighted by molar-refractivity contribution is 0.350. The first kappa shape index (κ1) is 11.7. The maximum absolute atomic E-state index is 8.70. The summed E-state index contributed by atoms with van der Waals surface area (Å²) in [5, 5.41) is 13.4. The van der Waals surface area contributed by atoms with Gasteiger partial charge in [-0.25, -0.2) is 0 Å². The quantitative estimate of drug-likeness (QED) is 0.823. The highest BCUT2D eigenvalue weighted by Gasteiger charge is 2.01. The lowest BCUT2D eigenvalue weighted by Crippen LogP contribution is -2.01. The third kappa shape index (κ3) is 3.10. The monoisotopic (exact) mass is 246 g/mol. The fourth-order valence-electron chi connectivity index (χ4n) is 1.51. The zero-order chi connectivity index (χ0) is 12.1. The van der Waals surface area contributed by atoms with Crippen molar-refractivity contribution < 1.29 is 5.11 Å². The molecule has 0 spiro atoms. The first-order valence-corrected chi connectivity index (χ1v) is 5.53. The van der Waals surface area contributed by atoms with Gasteiger partial charge in [0.05, 0.1) is 17.8 Å². The van der Waals surface area contributed by atoms with Crippen LogP contribution in [0.15, 0.2) is 36.7 Å². The Bertz CT molecular complexity index is 566. The molecular formula is C13H11ClN2O. The number of nitrogens with zero attached hydrogens (tertiary/aromatic N) is 2. The molecule has 0 saturated carbocycles. The number of aromatic nitrogens is 2. The van der Waals surface area contributed by atoms with Crippen molar-refractivity contribution in [2.75, 3.05) is 6.61 Å². The molecule has 17 heavy (non-hydrogen) atoms. The molecule has 0 aliphatic carbocycles. The fraction of sp³-hybridized carbons (Fsp3) is 0.154. The number of halogens is 1. The average Bonchev–Trinajstić information content (AvgIpc) is 2.74. The van der Waals surface area contributed by atoms with Gasteiger partial charge in [-0.2, -0.15) is 5.10 Å². The van der Waals surface area contributed by atoms with Gasteiger partial charge in [0.1, 0.15) is 6.61 Å². The Morgan fingerprint density at radius 2 is 2.18 bits per heavy atom. The van der Waals surface area contributed by atoms with Gasteiger partial charge in [-0.05, 0) is 11.6 Å². The van der Waals surface area contributed by atoms with Crippen molar-refractivity contribution in [1.29, 1.82) is 0 Å². The molecule has 1 N–H and O–H groups in total. The van der Waals surface area contributed by atoms with E-state index in [0.717, 1.165) is 11.1 Å². The topological polar surface area (TPSA) is 38.0 Å². The number of benzene rings is 1. The molecule has 0 saturated heterocycles. The van der Waals surface area contributed by atoms with Gasteiger partial charge < -0.3 is 5.11 Å². The van der Waals surface area contributed by atoms with E-state index < -0.39 is 0 Å². The molecule has 0 aliphatic rings. The van der Waals surface area contributed by atoms with E-state index in [1.54, 1.807) is 17.1 Å². The van der Waals surface area contributed by atoms with E-state index in [4.69, 9.17) is 16.7 Å². The van der Waals surface area contributed by atoms with Gasteiger partial charge in [0.2, 0.25) is 0 Å². The predicted octanol–water partition coefficient (Wildman–Crippen LogP) is 1.93. The minimum Gasteiger partial charge on any atom is -0.384 e. The third-order valence-corrected chi connectivity index (χ3v) is 2.45. The van der Waals surface area contributed by atoms with Gasteiger partial charge in [0, 0.05) is 11.8 Å². The first-order valence-electron chi connectivity index (χ1n) is 5.15. The SMILES string of the molecule is OCC#Cc1ccccc1Cn1cc(Cl)cn1. The molecule has 1 aromatic carbocycles. The highest BCUT2D eigenvalue weighted by molar-refractivity contribution is 6.30. The normalized spacial score (nSPS) is 9.76. The molecule has 3 nitrogen and oxygen atoms in total. The molecule has 0 atom stereocenters. The van der Waals surface area contributed by atoms with E-state index in [2.05, 4.69) is 16.9 Å². The van der Waals surface area contributed by atoms with Gasteiger partial charge in [0.25, 0.3) is 0 Å². The minimum atomic E-state index is -0.137. The average molecular weight is 247 g/mol. The van der Waals surface area contributed by atoms with Crippen molar-refractivity contribution in [3.05, 3.63) is 52.8 Å². The number of aliphatic hydroxyl groups is 1. The van der Waals surface area contributed by atoms with Crippen LogP contribution in [-0.4, -0.2) is 21.5 Å². The maximum Gasteiger partial charge on any atom is 0.104 e. The van der Waals surface area contributed by atoms with Crippen LogP contribution in [0, 0.1) is 11.8 Å². The summed E-state index contributed by atoms with van der Waals surface area (Å²) in [5.41, 5.74) is 1.95. The van der Waals surface area contributed by atoms with E-state index >= 15 is 0 Å². The van der Waals surface area contributed by atoms with Crippen molar-refractivity contribution >= 4 is 11.6 Å². The largest absolute Gasteiger partial charge is 0.384 e.